The first-order valence-corrected chi connectivity index (χ1v) is 5.79. The van der Waals surface area contributed by atoms with Gasteiger partial charge in [0.15, 0.2) is 0 Å². The van der Waals surface area contributed by atoms with Crippen molar-refractivity contribution < 1.29 is 19.7 Å². The highest BCUT2D eigenvalue weighted by atomic mass is 16.5. The van der Waals surface area contributed by atoms with Crippen LogP contribution in [0.3, 0.4) is 0 Å². The third kappa shape index (κ3) is 0.992. The Balaban J connectivity index is 2.17. The fraction of sp³-hybridized carbons (Fsp3) is 0.750. The minimum atomic E-state index is -0.937. The molecule has 4 nitrogen and oxygen atoms in total. The molecule has 1 fully saturated rings. The van der Waals surface area contributed by atoms with Crippen LogP contribution >= 0.6 is 0 Å². The first-order chi connectivity index (χ1) is 7.48. The van der Waals surface area contributed by atoms with Gasteiger partial charge in [0.25, 0.3) is 0 Å². The molecule has 2 aliphatic carbocycles. The molecular weight excluding hydrogens is 208 g/mol. The van der Waals surface area contributed by atoms with E-state index in [0.717, 1.165) is 12.8 Å². The maximum atomic E-state index is 11.5. The van der Waals surface area contributed by atoms with E-state index in [1.807, 2.05) is 6.92 Å². The van der Waals surface area contributed by atoms with Crippen LogP contribution in [-0.4, -0.2) is 34.5 Å². The van der Waals surface area contributed by atoms with Crippen molar-refractivity contribution in [2.24, 2.45) is 5.41 Å². The number of carbonyl (C=O) groups excluding carboxylic acids is 1. The molecule has 2 N–H and O–H groups in total. The first-order valence-electron chi connectivity index (χ1n) is 5.79. The molecule has 0 amide bonds. The molecule has 0 bridgehead atoms. The molecule has 1 heterocycles. The lowest BCUT2D eigenvalue weighted by Gasteiger charge is -2.45. The van der Waals surface area contributed by atoms with Gasteiger partial charge in [-0.05, 0) is 25.7 Å². The molecule has 88 valence electrons. The lowest BCUT2D eigenvalue weighted by Crippen LogP contribution is -2.50. The van der Waals surface area contributed by atoms with Gasteiger partial charge in [-0.15, -0.1) is 0 Å². The van der Waals surface area contributed by atoms with Crippen LogP contribution in [-0.2, 0) is 9.53 Å². The standard InChI is InChI=1S/C12H16O4/c1-11-3-2-4-12(11,15)7-6-16-10(14)9(7)8(13)5-11/h8,13,15H,2-6H2,1H3/t8-,11+,12-/m0/s1. The predicted octanol–water partition coefficient (Wildman–Crippen LogP) is 0.526. The minimum Gasteiger partial charge on any atom is -0.458 e. The van der Waals surface area contributed by atoms with Gasteiger partial charge in [-0.1, -0.05) is 6.92 Å². The molecule has 0 aromatic rings. The Morgan fingerprint density at radius 3 is 2.94 bits per heavy atom. The summed E-state index contributed by atoms with van der Waals surface area (Å²) in [6, 6.07) is 0. The van der Waals surface area contributed by atoms with Crippen LogP contribution in [0.4, 0.5) is 0 Å². The monoisotopic (exact) mass is 224 g/mol. The molecule has 16 heavy (non-hydrogen) atoms. The summed E-state index contributed by atoms with van der Waals surface area (Å²) in [5.74, 6) is -0.454. The number of aliphatic hydroxyl groups excluding tert-OH is 1. The molecule has 0 unspecified atom stereocenters. The van der Waals surface area contributed by atoms with E-state index in [2.05, 4.69) is 0 Å². The molecular formula is C12H16O4. The maximum Gasteiger partial charge on any atom is 0.337 e. The van der Waals surface area contributed by atoms with E-state index in [-0.39, 0.29) is 12.0 Å². The molecule has 0 spiro atoms. The minimum absolute atomic E-state index is 0.150. The highest BCUT2D eigenvalue weighted by Gasteiger charge is 2.60. The van der Waals surface area contributed by atoms with Gasteiger partial charge in [0.05, 0.1) is 17.3 Å². The second-order valence-electron chi connectivity index (χ2n) is 5.46. The largest absolute Gasteiger partial charge is 0.458 e. The number of aliphatic hydroxyl groups is 2. The van der Waals surface area contributed by atoms with Crippen molar-refractivity contribution in [3.63, 3.8) is 0 Å². The van der Waals surface area contributed by atoms with Crippen LogP contribution in [0.2, 0.25) is 0 Å². The lowest BCUT2D eigenvalue weighted by atomic mass is 9.63. The van der Waals surface area contributed by atoms with Gasteiger partial charge in [-0.3, -0.25) is 0 Å². The number of hydrogen-bond donors (Lipinski definition) is 2. The van der Waals surface area contributed by atoms with Crippen LogP contribution in [0.25, 0.3) is 0 Å². The van der Waals surface area contributed by atoms with E-state index >= 15 is 0 Å². The Bertz CT molecular complexity index is 400. The summed E-state index contributed by atoms with van der Waals surface area (Å²) in [5, 5.41) is 20.8. The molecule has 4 heteroatoms. The van der Waals surface area contributed by atoms with Crippen molar-refractivity contribution in [1.29, 1.82) is 0 Å². The van der Waals surface area contributed by atoms with Gasteiger partial charge in [0.2, 0.25) is 0 Å². The van der Waals surface area contributed by atoms with Gasteiger partial charge in [-0.2, -0.15) is 0 Å². The Hall–Kier alpha value is -0.870. The van der Waals surface area contributed by atoms with E-state index in [4.69, 9.17) is 4.74 Å². The number of carbonyl (C=O) groups is 1. The fourth-order valence-electron chi connectivity index (χ4n) is 3.65. The summed E-state index contributed by atoms with van der Waals surface area (Å²) in [4.78, 5) is 11.5. The lowest BCUT2D eigenvalue weighted by molar-refractivity contribution is -0.137. The van der Waals surface area contributed by atoms with Crippen LogP contribution in [0.15, 0.2) is 11.1 Å². The Labute approximate surface area is 93.9 Å². The Morgan fingerprint density at radius 2 is 2.19 bits per heavy atom. The zero-order valence-electron chi connectivity index (χ0n) is 9.32. The molecule has 0 aromatic heterocycles. The number of fused-ring (bicyclic) bond motifs is 2. The zero-order chi connectivity index (χ0) is 11.6. The van der Waals surface area contributed by atoms with Crippen LogP contribution in [0.1, 0.15) is 32.6 Å². The number of esters is 1. The average Bonchev–Trinajstić information content (AvgIpc) is 2.70. The quantitative estimate of drug-likeness (QED) is 0.589. The Morgan fingerprint density at radius 1 is 1.44 bits per heavy atom. The highest BCUT2D eigenvalue weighted by molar-refractivity contribution is 5.93. The van der Waals surface area contributed by atoms with Crippen LogP contribution in [0.5, 0.6) is 0 Å². The summed E-state index contributed by atoms with van der Waals surface area (Å²) in [6.07, 6.45) is 2.19. The normalized spacial score (nSPS) is 46.7. The number of rotatable bonds is 0. The van der Waals surface area contributed by atoms with Crippen molar-refractivity contribution in [2.45, 2.75) is 44.3 Å². The van der Waals surface area contributed by atoms with E-state index in [9.17, 15) is 15.0 Å². The van der Waals surface area contributed by atoms with E-state index in [1.54, 1.807) is 0 Å². The Kier molecular flexibility index (Phi) is 1.85. The summed E-state index contributed by atoms with van der Waals surface area (Å²) in [7, 11) is 0. The summed E-state index contributed by atoms with van der Waals surface area (Å²) in [5.41, 5.74) is -0.287. The van der Waals surface area contributed by atoms with Crippen molar-refractivity contribution in [3.8, 4) is 0 Å². The third-order valence-electron chi connectivity index (χ3n) is 4.63. The smallest absolute Gasteiger partial charge is 0.337 e. The SMILES string of the molecule is C[C@]12CCC[C@]1(O)C1=C(C(=O)OC1)[C@@H](O)C2. The summed E-state index contributed by atoms with van der Waals surface area (Å²) >= 11 is 0. The maximum absolute atomic E-state index is 11.5. The third-order valence-corrected chi connectivity index (χ3v) is 4.63. The van der Waals surface area contributed by atoms with Gasteiger partial charge in [-0.25, -0.2) is 4.79 Å². The van der Waals surface area contributed by atoms with Gasteiger partial charge in [0, 0.05) is 11.0 Å². The van der Waals surface area contributed by atoms with E-state index in [0.29, 0.717) is 24.0 Å². The molecule has 0 saturated heterocycles. The van der Waals surface area contributed by atoms with E-state index in [1.165, 1.54) is 0 Å². The number of cyclic esters (lactones) is 1. The fourth-order valence-corrected chi connectivity index (χ4v) is 3.65. The molecule has 3 atom stereocenters. The number of hydrogen-bond acceptors (Lipinski definition) is 4. The second-order valence-corrected chi connectivity index (χ2v) is 5.46. The molecule has 3 aliphatic rings. The van der Waals surface area contributed by atoms with E-state index < -0.39 is 17.7 Å². The van der Waals surface area contributed by atoms with Crippen molar-refractivity contribution in [2.75, 3.05) is 6.61 Å². The molecule has 3 rings (SSSR count). The van der Waals surface area contributed by atoms with Gasteiger partial charge < -0.3 is 14.9 Å². The van der Waals surface area contributed by atoms with Crippen molar-refractivity contribution in [1.82, 2.24) is 0 Å². The van der Waals surface area contributed by atoms with Gasteiger partial charge in [0.1, 0.15) is 6.61 Å². The predicted molar refractivity (Wildman–Crippen MR) is 55.5 cm³/mol. The molecule has 1 saturated carbocycles. The summed E-state index contributed by atoms with van der Waals surface area (Å²) in [6.45, 7) is 2.15. The first kappa shape index (κ1) is 10.3. The van der Waals surface area contributed by atoms with Crippen molar-refractivity contribution >= 4 is 5.97 Å². The van der Waals surface area contributed by atoms with Crippen LogP contribution in [0, 0.1) is 5.41 Å². The highest BCUT2D eigenvalue weighted by Crippen LogP contribution is 2.57. The topological polar surface area (TPSA) is 66.8 Å². The van der Waals surface area contributed by atoms with Crippen molar-refractivity contribution in [3.05, 3.63) is 11.1 Å². The zero-order valence-corrected chi connectivity index (χ0v) is 9.32. The second kappa shape index (κ2) is 2.87. The summed E-state index contributed by atoms with van der Waals surface area (Å²) < 4.78 is 4.96. The average molecular weight is 224 g/mol. The molecule has 1 aliphatic heterocycles. The molecule has 0 radical (unpaired) electrons. The molecule has 0 aromatic carbocycles. The van der Waals surface area contributed by atoms with Gasteiger partial charge >= 0.3 is 5.97 Å². The number of ether oxygens (including phenoxy) is 1. The van der Waals surface area contributed by atoms with Crippen LogP contribution < -0.4 is 0 Å².